The van der Waals surface area contributed by atoms with Crippen molar-refractivity contribution in [3.63, 3.8) is 0 Å². The number of phenols is 1. The molecule has 26 nitrogen and oxygen atoms in total. The van der Waals surface area contributed by atoms with Crippen molar-refractivity contribution in [2.45, 2.75) is 190 Å². The number of carbonyl (C=O) groups excluding carboxylic acids is 8. The minimum atomic E-state index is -2.35. The Bertz CT molecular complexity index is 2130. The largest absolute Gasteiger partial charge is 0.508 e. The van der Waals surface area contributed by atoms with Crippen LogP contribution in [0.5, 0.6) is 5.75 Å². The number of hydrogen-bond acceptors (Lipinski definition) is 18. The van der Waals surface area contributed by atoms with E-state index in [4.69, 9.17) is 11.5 Å². The number of benzene rings is 1. The van der Waals surface area contributed by atoms with Crippen LogP contribution < -0.4 is 43.4 Å². The molecule has 3 aliphatic heterocycles. The fourth-order valence-corrected chi connectivity index (χ4v) is 10.1. The minimum Gasteiger partial charge on any atom is -0.508 e. The van der Waals surface area contributed by atoms with E-state index in [1.54, 1.807) is 0 Å². The van der Waals surface area contributed by atoms with Crippen molar-refractivity contribution in [3.8, 4) is 5.75 Å². The average molecular weight is 1090 g/mol. The second-order valence-electron chi connectivity index (χ2n) is 20.9. The molecule has 0 unspecified atom stereocenters. The zero-order valence-corrected chi connectivity index (χ0v) is 44.3. The highest BCUT2D eigenvalue weighted by molar-refractivity contribution is 5.98. The van der Waals surface area contributed by atoms with Gasteiger partial charge in [0.2, 0.25) is 47.3 Å². The summed E-state index contributed by atoms with van der Waals surface area (Å²) in [5.74, 6) is -8.10. The molecule has 0 saturated carbocycles. The van der Waals surface area contributed by atoms with Gasteiger partial charge in [0, 0.05) is 45.4 Å². The SMILES string of the molecule is CC[C@H](C)C[C@H](C)CCCCCCCCC(=O)N[C@H]1C[C@@H](O)[C@@H](NCCN)NC(=O)[C@@H]2[C@@H](O)CCN2C(=O)[C@H]([C@H](O)CC(N)=O)NC(=O)[C@H]([C@H](O)[C@@H](O)c2ccc(O)cc2)NC(=O)[C@@H]2C[C@@H](O)CN2C(=O)[C@H](CO)NC1=O. The number of unbranched alkanes of at least 4 members (excludes halogenated alkanes) is 5. The lowest BCUT2D eigenvalue weighted by atomic mass is 9.91. The maximum atomic E-state index is 14.6. The molecule has 15 atom stereocenters. The van der Waals surface area contributed by atoms with Crippen molar-refractivity contribution in [2.24, 2.45) is 23.3 Å². The number of primary amides is 1. The summed E-state index contributed by atoms with van der Waals surface area (Å²) < 4.78 is 0. The summed E-state index contributed by atoms with van der Waals surface area (Å²) in [5, 5.41) is 103. The number of nitrogens with one attached hydrogen (secondary N) is 6. The topological polar surface area (TPSA) is 429 Å². The number of carbonyl (C=O) groups is 8. The van der Waals surface area contributed by atoms with Crippen molar-refractivity contribution in [2.75, 3.05) is 32.8 Å². The lowest BCUT2D eigenvalue weighted by Crippen LogP contribution is -2.65. The normalized spacial score (nSPS) is 28.1. The average Bonchev–Trinajstić information content (AvgIpc) is 3.98. The van der Waals surface area contributed by atoms with E-state index in [1.807, 2.05) is 0 Å². The van der Waals surface area contributed by atoms with Gasteiger partial charge in [-0.2, -0.15) is 0 Å². The Morgan fingerprint density at radius 2 is 1.43 bits per heavy atom. The van der Waals surface area contributed by atoms with E-state index in [9.17, 15) is 79.2 Å². The van der Waals surface area contributed by atoms with Crippen LogP contribution in [-0.2, 0) is 38.4 Å². The number of aliphatic hydroxyl groups excluding tert-OH is 7. The van der Waals surface area contributed by atoms with Gasteiger partial charge in [-0.3, -0.25) is 43.7 Å². The Hall–Kier alpha value is -5.58. The highest BCUT2D eigenvalue weighted by Crippen LogP contribution is 2.26. The smallest absolute Gasteiger partial charge is 0.248 e. The number of nitrogens with two attached hydrogens (primary N) is 2. The molecule has 1 aromatic carbocycles. The molecule has 434 valence electrons. The van der Waals surface area contributed by atoms with Gasteiger partial charge in [0.25, 0.3) is 0 Å². The quantitative estimate of drug-likeness (QED) is 0.0462. The van der Waals surface area contributed by atoms with E-state index in [-0.39, 0.29) is 37.2 Å². The van der Waals surface area contributed by atoms with Crippen molar-refractivity contribution in [1.82, 2.24) is 41.7 Å². The third-order valence-electron chi connectivity index (χ3n) is 14.6. The van der Waals surface area contributed by atoms with Gasteiger partial charge >= 0.3 is 0 Å². The summed E-state index contributed by atoms with van der Waals surface area (Å²) in [6.45, 7) is 4.52. The number of fused-ring (bicyclic) bond motifs is 2. The fraction of sp³-hybridized carbons (Fsp3) is 0.725. The van der Waals surface area contributed by atoms with Gasteiger partial charge < -0.3 is 88.7 Å². The van der Waals surface area contributed by atoms with Gasteiger partial charge in [-0.05, 0) is 48.8 Å². The van der Waals surface area contributed by atoms with Crippen LogP contribution in [0.15, 0.2) is 24.3 Å². The Morgan fingerprint density at radius 1 is 0.779 bits per heavy atom. The Kier molecular flexibility index (Phi) is 25.8. The molecular formula is C51H84N10O16. The molecule has 0 spiro atoms. The second kappa shape index (κ2) is 31.1. The van der Waals surface area contributed by atoms with E-state index in [2.05, 4.69) is 52.7 Å². The third kappa shape index (κ3) is 18.8. The number of amides is 8. The summed E-state index contributed by atoms with van der Waals surface area (Å²) >= 11 is 0. The van der Waals surface area contributed by atoms with Gasteiger partial charge in [-0.25, -0.2) is 0 Å². The molecule has 0 aromatic heterocycles. The zero-order chi connectivity index (χ0) is 57.1. The molecule has 3 fully saturated rings. The minimum absolute atomic E-state index is 0.0419. The molecule has 0 radical (unpaired) electrons. The lowest BCUT2D eigenvalue weighted by Gasteiger charge is -2.35. The van der Waals surface area contributed by atoms with Crippen molar-refractivity contribution < 1.29 is 79.2 Å². The van der Waals surface area contributed by atoms with Crippen molar-refractivity contribution in [3.05, 3.63) is 29.8 Å². The predicted octanol–water partition coefficient (Wildman–Crippen LogP) is -4.17. The maximum Gasteiger partial charge on any atom is 0.248 e. The van der Waals surface area contributed by atoms with Gasteiger partial charge in [0.1, 0.15) is 60.4 Å². The van der Waals surface area contributed by atoms with Gasteiger partial charge in [-0.15, -0.1) is 0 Å². The summed E-state index contributed by atoms with van der Waals surface area (Å²) in [6, 6.07) is -7.00. The third-order valence-corrected chi connectivity index (χ3v) is 14.6. The van der Waals surface area contributed by atoms with E-state index in [0.717, 1.165) is 60.5 Å². The predicted molar refractivity (Wildman–Crippen MR) is 276 cm³/mol. The van der Waals surface area contributed by atoms with E-state index in [0.29, 0.717) is 24.7 Å². The monoisotopic (exact) mass is 1090 g/mol. The number of aromatic hydroxyl groups is 1. The highest BCUT2D eigenvalue weighted by Gasteiger charge is 2.49. The molecule has 1 aromatic rings. The zero-order valence-electron chi connectivity index (χ0n) is 44.3. The van der Waals surface area contributed by atoms with Crippen LogP contribution in [0.1, 0.15) is 122 Å². The van der Waals surface area contributed by atoms with E-state index in [1.165, 1.54) is 18.6 Å². The molecule has 18 N–H and O–H groups in total. The van der Waals surface area contributed by atoms with Crippen molar-refractivity contribution in [1.29, 1.82) is 0 Å². The molecule has 8 amide bonds. The van der Waals surface area contributed by atoms with E-state index < -0.39 is 165 Å². The number of aliphatic hydroxyl groups is 7. The Balaban J connectivity index is 1.72. The van der Waals surface area contributed by atoms with Crippen LogP contribution >= 0.6 is 0 Å². The molecule has 4 rings (SSSR count). The number of hydrogen-bond donors (Lipinski definition) is 16. The Labute approximate surface area is 448 Å². The number of phenolic OH excluding ortho intramolecular Hbond substituents is 1. The van der Waals surface area contributed by atoms with Gasteiger partial charge in [-0.1, -0.05) is 77.8 Å². The van der Waals surface area contributed by atoms with Crippen LogP contribution in [0.3, 0.4) is 0 Å². The van der Waals surface area contributed by atoms with Crippen LogP contribution in [-0.4, -0.2) is 204 Å². The van der Waals surface area contributed by atoms with Gasteiger partial charge in [0.15, 0.2) is 0 Å². The molecular weight excluding hydrogens is 1010 g/mol. The lowest BCUT2D eigenvalue weighted by molar-refractivity contribution is -0.148. The van der Waals surface area contributed by atoms with Crippen LogP contribution in [0.2, 0.25) is 0 Å². The van der Waals surface area contributed by atoms with Crippen LogP contribution in [0, 0.1) is 11.8 Å². The summed E-state index contributed by atoms with van der Waals surface area (Å²) in [4.78, 5) is 113. The van der Waals surface area contributed by atoms with Crippen molar-refractivity contribution >= 4 is 47.3 Å². The maximum absolute atomic E-state index is 14.6. The first-order chi connectivity index (χ1) is 36.5. The Morgan fingerprint density at radius 3 is 2.06 bits per heavy atom. The first-order valence-corrected chi connectivity index (χ1v) is 26.8. The fourth-order valence-electron chi connectivity index (χ4n) is 10.1. The molecule has 0 aliphatic carbocycles. The first-order valence-electron chi connectivity index (χ1n) is 26.8. The molecule has 26 heteroatoms. The standard InChI is InChI=1S/C51H84N10O16/c1-4-27(2)21-28(3)11-9-7-5-6-8-10-12-39(69)55-32-23-37(67)45(54-19-18-52)59-49(75)42-35(65)17-20-60(42)51(77)40(36(66)24-38(53)68)57-48(74)41(44(71)43(70)29-13-15-30(63)16-14-29)58-47(73)34-22-31(64)25-61(34)50(76)33(26-62)56-46(32)72/h13-16,27-28,31-37,40-45,54,62-67,70-71H,4-12,17-26,52H2,1-3H3,(H2,53,68)(H,55,69)(H,56,72)(H,57,74)(H,58,73)(H,59,75)/t27-,28+,31+,32-,33-,34-,35-,36+,37+,40-,41-,42-,43-,44-,45-/m0/s1. The highest BCUT2D eigenvalue weighted by atomic mass is 16.3. The molecule has 3 saturated heterocycles. The van der Waals surface area contributed by atoms with Gasteiger partial charge in [0.05, 0.1) is 37.4 Å². The summed E-state index contributed by atoms with van der Waals surface area (Å²) in [5.41, 5.74) is 11.0. The summed E-state index contributed by atoms with van der Waals surface area (Å²) in [6.07, 6.45) is -6.80. The van der Waals surface area contributed by atoms with E-state index >= 15 is 0 Å². The van der Waals surface area contributed by atoms with Crippen LogP contribution in [0.4, 0.5) is 0 Å². The number of nitrogens with zero attached hydrogens (tertiary/aromatic N) is 2. The molecule has 77 heavy (non-hydrogen) atoms. The molecule has 0 bridgehead atoms. The van der Waals surface area contributed by atoms with Crippen LogP contribution in [0.25, 0.3) is 0 Å². The second-order valence-corrected chi connectivity index (χ2v) is 20.9. The first kappa shape index (κ1) is 63.9. The number of rotatable bonds is 23. The molecule has 3 heterocycles. The molecule has 3 aliphatic rings. The summed E-state index contributed by atoms with van der Waals surface area (Å²) in [7, 11) is 0.